The van der Waals surface area contributed by atoms with Crippen LogP contribution in [-0.4, -0.2) is 26.3 Å². The molecule has 112 valence electrons. The van der Waals surface area contributed by atoms with E-state index in [-0.39, 0.29) is 5.91 Å². The topological polar surface area (TPSA) is 83.6 Å². The predicted molar refractivity (Wildman–Crippen MR) is 89.4 cm³/mol. The summed E-state index contributed by atoms with van der Waals surface area (Å²) in [7, 11) is 0. The van der Waals surface area contributed by atoms with Gasteiger partial charge in [-0.2, -0.15) is 5.10 Å². The number of para-hydroxylation sites is 1. The Morgan fingerprint density at radius 1 is 1.00 bits per heavy atom. The summed E-state index contributed by atoms with van der Waals surface area (Å²) < 4.78 is 0. The summed E-state index contributed by atoms with van der Waals surface area (Å²) in [5.41, 5.74) is 2.13. The molecule has 0 aliphatic carbocycles. The van der Waals surface area contributed by atoms with Crippen LogP contribution < -0.4 is 5.32 Å². The van der Waals surface area contributed by atoms with Gasteiger partial charge in [0.25, 0.3) is 5.91 Å². The summed E-state index contributed by atoms with van der Waals surface area (Å²) in [6.45, 7) is 0. The number of amides is 1. The molecule has 4 rings (SSSR count). The molecule has 0 spiro atoms. The van der Waals surface area contributed by atoms with Crippen molar-refractivity contribution in [2.75, 3.05) is 5.32 Å². The van der Waals surface area contributed by atoms with Crippen molar-refractivity contribution < 1.29 is 4.79 Å². The number of benzene rings is 2. The summed E-state index contributed by atoms with van der Waals surface area (Å²) in [4.78, 5) is 12.4. The van der Waals surface area contributed by atoms with Gasteiger partial charge in [-0.1, -0.05) is 59.9 Å². The van der Waals surface area contributed by atoms with Gasteiger partial charge in [0.15, 0.2) is 5.69 Å². The van der Waals surface area contributed by atoms with Crippen LogP contribution in [0, 0.1) is 0 Å². The van der Waals surface area contributed by atoms with E-state index < -0.39 is 0 Å². The van der Waals surface area contributed by atoms with Gasteiger partial charge in [-0.15, -0.1) is 10.2 Å². The van der Waals surface area contributed by atoms with Gasteiger partial charge in [-0.05, 0) is 6.07 Å². The van der Waals surface area contributed by atoms with Crippen molar-refractivity contribution in [3.8, 4) is 10.6 Å². The Hall–Kier alpha value is -3.06. The molecule has 0 saturated carbocycles. The molecule has 0 saturated heterocycles. The minimum atomic E-state index is -0.307. The first kappa shape index (κ1) is 13.6. The molecule has 2 N–H and O–H groups in total. The molecule has 4 aromatic rings. The number of carbonyl (C=O) groups excluding carboxylic acids is 1. The number of aromatic amines is 1. The van der Waals surface area contributed by atoms with E-state index in [2.05, 4.69) is 25.7 Å². The lowest BCUT2D eigenvalue weighted by Gasteiger charge is -1.97. The second-order valence-electron chi connectivity index (χ2n) is 4.85. The fourth-order valence-corrected chi connectivity index (χ4v) is 3.01. The van der Waals surface area contributed by atoms with Crippen molar-refractivity contribution in [3.05, 3.63) is 60.3 Å². The molecule has 2 heterocycles. The summed E-state index contributed by atoms with van der Waals surface area (Å²) in [6, 6.07) is 17.2. The lowest BCUT2D eigenvalue weighted by molar-refractivity contribution is 0.102. The molecule has 0 fully saturated rings. The van der Waals surface area contributed by atoms with E-state index in [4.69, 9.17) is 0 Å². The summed E-state index contributed by atoms with van der Waals surface area (Å²) in [5.74, 6) is -0.307. The summed E-state index contributed by atoms with van der Waals surface area (Å²) in [6.07, 6.45) is 0. The minimum absolute atomic E-state index is 0.307. The number of carbonyl (C=O) groups is 1. The van der Waals surface area contributed by atoms with Crippen LogP contribution in [0.3, 0.4) is 0 Å². The minimum Gasteiger partial charge on any atom is -0.295 e. The van der Waals surface area contributed by atoms with Crippen molar-refractivity contribution in [3.63, 3.8) is 0 Å². The SMILES string of the molecule is O=C(Nc1nnc(-c2ccccc2)s1)c1n[nH]c2ccccc12. The first-order valence-corrected chi connectivity index (χ1v) is 7.76. The number of nitrogens with one attached hydrogen (secondary N) is 2. The number of hydrogen-bond donors (Lipinski definition) is 2. The zero-order valence-electron chi connectivity index (χ0n) is 11.9. The highest BCUT2D eigenvalue weighted by Crippen LogP contribution is 2.26. The second kappa shape index (κ2) is 5.62. The van der Waals surface area contributed by atoms with Gasteiger partial charge in [0, 0.05) is 10.9 Å². The monoisotopic (exact) mass is 321 g/mol. The van der Waals surface area contributed by atoms with Crippen LogP contribution in [-0.2, 0) is 0 Å². The van der Waals surface area contributed by atoms with E-state index in [9.17, 15) is 4.79 Å². The molecule has 0 atom stereocenters. The maximum absolute atomic E-state index is 12.4. The standard InChI is InChI=1S/C16H11N5OS/c22-14(13-11-8-4-5-9-12(11)18-19-13)17-16-21-20-15(23-16)10-6-2-1-3-7-10/h1-9H,(H,18,19)(H,17,21,22). The molecule has 0 radical (unpaired) electrons. The zero-order chi connectivity index (χ0) is 15.6. The van der Waals surface area contributed by atoms with Crippen molar-refractivity contribution >= 4 is 33.3 Å². The quantitative estimate of drug-likeness (QED) is 0.606. The molecule has 0 aliphatic heterocycles. The number of H-pyrrole nitrogens is 1. The van der Waals surface area contributed by atoms with Crippen molar-refractivity contribution in [1.82, 2.24) is 20.4 Å². The van der Waals surface area contributed by atoms with E-state index >= 15 is 0 Å². The number of fused-ring (bicyclic) bond motifs is 1. The number of anilines is 1. The first-order valence-electron chi connectivity index (χ1n) is 6.94. The Morgan fingerprint density at radius 3 is 2.65 bits per heavy atom. The predicted octanol–water partition coefficient (Wildman–Crippen LogP) is 3.33. The number of rotatable bonds is 3. The normalized spacial score (nSPS) is 10.8. The van der Waals surface area contributed by atoms with Crippen molar-refractivity contribution in [2.24, 2.45) is 0 Å². The van der Waals surface area contributed by atoms with Crippen molar-refractivity contribution in [1.29, 1.82) is 0 Å². The summed E-state index contributed by atoms with van der Waals surface area (Å²) >= 11 is 1.32. The van der Waals surface area contributed by atoms with E-state index in [0.29, 0.717) is 10.8 Å². The van der Waals surface area contributed by atoms with Crippen LogP contribution in [0.15, 0.2) is 54.6 Å². The average Bonchev–Trinajstić information content (AvgIpc) is 3.22. The molecular weight excluding hydrogens is 310 g/mol. The van der Waals surface area contributed by atoms with Crippen LogP contribution in [0.5, 0.6) is 0 Å². The average molecular weight is 321 g/mol. The number of hydrogen-bond acceptors (Lipinski definition) is 5. The molecule has 0 aliphatic rings. The van der Waals surface area contributed by atoms with Gasteiger partial charge in [0.05, 0.1) is 5.52 Å². The molecule has 0 bridgehead atoms. The van der Waals surface area contributed by atoms with Gasteiger partial charge in [-0.25, -0.2) is 0 Å². The highest BCUT2D eigenvalue weighted by Gasteiger charge is 2.16. The highest BCUT2D eigenvalue weighted by atomic mass is 32.1. The van der Waals surface area contributed by atoms with E-state index in [0.717, 1.165) is 21.5 Å². The molecule has 2 aromatic heterocycles. The third kappa shape index (κ3) is 2.58. The summed E-state index contributed by atoms with van der Waals surface area (Å²) in [5, 5.41) is 19.8. The maximum Gasteiger partial charge on any atom is 0.278 e. The fraction of sp³-hybridized carbons (Fsp3) is 0. The number of nitrogens with zero attached hydrogens (tertiary/aromatic N) is 3. The molecular formula is C16H11N5OS. The van der Waals surface area contributed by atoms with Crippen LogP contribution in [0.1, 0.15) is 10.5 Å². The Morgan fingerprint density at radius 2 is 1.78 bits per heavy atom. The molecule has 7 heteroatoms. The van der Waals surface area contributed by atoms with Gasteiger partial charge >= 0.3 is 0 Å². The first-order chi connectivity index (χ1) is 11.3. The molecule has 23 heavy (non-hydrogen) atoms. The maximum atomic E-state index is 12.4. The molecule has 6 nitrogen and oxygen atoms in total. The van der Waals surface area contributed by atoms with Crippen LogP contribution >= 0.6 is 11.3 Å². The highest BCUT2D eigenvalue weighted by molar-refractivity contribution is 7.18. The second-order valence-corrected chi connectivity index (χ2v) is 5.83. The fourth-order valence-electron chi connectivity index (χ4n) is 2.26. The van der Waals surface area contributed by atoms with E-state index in [1.807, 2.05) is 54.6 Å². The Bertz CT molecular complexity index is 976. The third-order valence-corrected chi connectivity index (χ3v) is 4.24. The van der Waals surface area contributed by atoms with Crippen LogP contribution in [0.2, 0.25) is 0 Å². The largest absolute Gasteiger partial charge is 0.295 e. The van der Waals surface area contributed by atoms with Gasteiger partial charge < -0.3 is 0 Å². The molecule has 0 unspecified atom stereocenters. The lowest BCUT2D eigenvalue weighted by Crippen LogP contribution is -2.12. The third-order valence-electron chi connectivity index (χ3n) is 3.35. The Kier molecular flexibility index (Phi) is 3.32. The lowest BCUT2D eigenvalue weighted by atomic mass is 10.2. The van der Waals surface area contributed by atoms with Gasteiger partial charge in [0.2, 0.25) is 5.13 Å². The number of aromatic nitrogens is 4. The van der Waals surface area contributed by atoms with Crippen LogP contribution in [0.4, 0.5) is 5.13 Å². The Labute approximate surface area is 135 Å². The molecule has 1 amide bonds. The van der Waals surface area contributed by atoms with Crippen LogP contribution in [0.25, 0.3) is 21.5 Å². The van der Waals surface area contributed by atoms with Gasteiger partial charge in [0.1, 0.15) is 5.01 Å². The van der Waals surface area contributed by atoms with Gasteiger partial charge in [-0.3, -0.25) is 15.2 Å². The smallest absolute Gasteiger partial charge is 0.278 e. The Balaban J connectivity index is 1.59. The van der Waals surface area contributed by atoms with Crippen molar-refractivity contribution in [2.45, 2.75) is 0 Å². The molecule has 2 aromatic carbocycles. The van der Waals surface area contributed by atoms with E-state index in [1.165, 1.54) is 11.3 Å². The zero-order valence-corrected chi connectivity index (χ0v) is 12.7. The van der Waals surface area contributed by atoms with E-state index in [1.54, 1.807) is 0 Å².